The zero-order chi connectivity index (χ0) is 28.1. The molecule has 0 aromatic heterocycles. The molecular formula is C28H32O9. The zero-order valence-electron chi connectivity index (χ0n) is 21.0. The van der Waals surface area contributed by atoms with Crippen molar-refractivity contribution in [2.75, 3.05) is 6.61 Å². The summed E-state index contributed by atoms with van der Waals surface area (Å²) >= 11 is 0. The molecule has 0 aliphatic heterocycles. The second-order valence-corrected chi connectivity index (χ2v) is 8.27. The van der Waals surface area contributed by atoms with Crippen LogP contribution in [-0.4, -0.2) is 56.0 Å². The van der Waals surface area contributed by atoms with Crippen LogP contribution in [0.15, 0.2) is 82.5 Å². The van der Waals surface area contributed by atoms with Gasteiger partial charge in [-0.15, -0.1) is 0 Å². The number of hydrogen-bond donors (Lipinski definition) is 5. The van der Waals surface area contributed by atoms with Gasteiger partial charge in [-0.3, -0.25) is 0 Å². The molecule has 0 fully saturated rings. The minimum atomic E-state index is -1.38. The van der Waals surface area contributed by atoms with E-state index in [2.05, 4.69) is 0 Å². The molecule has 1 unspecified atom stereocenters. The van der Waals surface area contributed by atoms with Gasteiger partial charge in [0.1, 0.15) is 0 Å². The minimum absolute atomic E-state index is 0.000768. The molecule has 0 saturated heterocycles. The Morgan fingerprint density at radius 3 is 1.86 bits per heavy atom. The Morgan fingerprint density at radius 1 is 0.811 bits per heavy atom. The monoisotopic (exact) mass is 512 g/mol. The fraction of sp³-hybridized carbons (Fsp3) is 0.286. The molecule has 37 heavy (non-hydrogen) atoms. The fourth-order valence-electron chi connectivity index (χ4n) is 3.46. The van der Waals surface area contributed by atoms with Gasteiger partial charge in [-0.2, -0.15) is 0 Å². The number of carbonyl (C=O) groups is 4. The summed E-state index contributed by atoms with van der Waals surface area (Å²) < 4.78 is 0. The van der Waals surface area contributed by atoms with Crippen molar-refractivity contribution >= 4 is 29.5 Å². The van der Waals surface area contributed by atoms with Crippen LogP contribution >= 0.6 is 0 Å². The SMILES string of the molecule is CCCC(=CC(C=C(C)C(=O)O)=C(C=C(C(=O)O)C(C=C(C)C(=O)O)CCO)c1ccccc1)C(=O)O. The highest BCUT2D eigenvalue weighted by Crippen LogP contribution is 2.30. The minimum Gasteiger partial charge on any atom is -0.478 e. The molecule has 0 bridgehead atoms. The number of allylic oxidation sites excluding steroid dienone is 6. The average molecular weight is 513 g/mol. The first-order chi connectivity index (χ1) is 17.4. The first-order valence-corrected chi connectivity index (χ1v) is 11.5. The normalized spacial score (nSPS) is 14.6. The number of rotatable bonds is 14. The van der Waals surface area contributed by atoms with Gasteiger partial charge in [0.2, 0.25) is 0 Å². The van der Waals surface area contributed by atoms with Gasteiger partial charge >= 0.3 is 23.9 Å². The standard InChI is InChI=1S/C28H32O9/c1-4-8-21(27(34)35)15-22(14-18(3)26(32)33)23(19-9-6-5-7-10-19)16-24(28(36)37)20(11-12-29)13-17(2)25(30)31/h5-7,9-10,13-16,20,29H,4,8,11-12H2,1-3H3,(H,30,31)(H,32,33)(H,34,35)(H,36,37). The Labute approximate surface area is 215 Å². The molecule has 0 aliphatic rings. The third-order valence-corrected chi connectivity index (χ3v) is 5.40. The number of aliphatic carboxylic acids is 4. The largest absolute Gasteiger partial charge is 0.478 e. The Hall–Kier alpha value is -4.24. The summed E-state index contributed by atoms with van der Waals surface area (Å²) in [4.78, 5) is 47.2. The first kappa shape index (κ1) is 30.8. The molecule has 9 nitrogen and oxygen atoms in total. The van der Waals surface area contributed by atoms with Crippen molar-refractivity contribution in [3.05, 3.63) is 88.1 Å². The van der Waals surface area contributed by atoms with Crippen LogP contribution in [0.2, 0.25) is 0 Å². The number of hydrogen-bond acceptors (Lipinski definition) is 5. The number of carboxylic acid groups (broad SMARTS) is 4. The molecule has 0 heterocycles. The van der Waals surface area contributed by atoms with Gasteiger partial charge in [0.25, 0.3) is 0 Å². The molecule has 0 radical (unpaired) electrons. The highest BCUT2D eigenvalue weighted by Gasteiger charge is 2.22. The van der Waals surface area contributed by atoms with Crippen molar-refractivity contribution in [2.45, 2.75) is 40.0 Å². The summed E-state index contributed by atoms with van der Waals surface area (Å²) in [6, 6.07) is 8.40. The molecule has 198 valence electrons. The van der Waals surface area contributed by atoms with E-state index in [1.165, 1.54) is 38.2 Å². The van der Waals surface area contributed by atoms with E-state index in [-0.39, 0.29) is 46.3 Å². The van der Waals surface area contributed by atoms with Crippen molar-refractivity contribution in [1.82, 2.24) is 0 Å². The van der Waals surface area contributed by atoms with Crippen LogP contribution in [0.5, 0.6) is 0 Å². The Kier molecular flexibility index (Phi) is 12.5. The topological polar surface area (TPSA) is 169 Å². The number of aliphatic hydroxyl groups is 1. The van der Waals surface area contributed by atoms with E-state index < -0.39 is 36.4 Å². The molecule has 0 spiro atoms. The molecule has 0 amide bonds. The van der Waals surface area contributed by atoms with E-state index in [4.69, 9.17) is 0 Å². The van der Waals surface area contributed by atoms with E-state index in [1.54, 1.807) is 37.3 Å². The van der Waals surface area contributed by atoms with Gasteiger partial charge in [0.05, 0.1) is 0 Å². The lowest BCUT2D eigenvalue weighted by Crippen LogP contribution is -2.15. The average Bonchev–Trinajstić information content (AvgIpc) is 2.83. The van der Waals surface area contributed by atoms with E-state index in [1.807, 2.05) is 0 Å². The Balaban J connectivity index is 4.23. The highest BCUT2D eigenvalue weighted by atomic mass is 16.4. The summed E-state index contributed by atoms with van der Waals surface area (Å²) in [5, 5.41) is 48.1. The lowest BCUT2D eigenvalue weighted by atomic mass is 9.88. The van der Waals surface area contributed by atoms with E-state index in [0.717, 1.165) is 0 Å². The lowest BCUT2D eigenvalue weighted by Gasteiger charge is -2.16. The van der Waals surface area contributed by atoms with Crippen molar-refractivity contribution in [3.63, 3.8) is 0 Å². The molecule has 0 saturated carbocycles. The molecule has 9 heteroatoms. The maximum atomic E-state index is 12.4. The third kappa shape index (κ3) is 9.73. The van der Waals surface area contributed by atoms with Crippen LogP contribution in [0.4, 0.5) is 0 Å². The van der Waals surface area contributed by atoms with Gasteiger partial charge in [0.15, 0.2) is 0 Å². The van der Waals surface area contributed by atoms with Crippen LogP contribution in [-0.2, 0) is 19.2 Å². The van der Waals surface area contributed by atoms with Gasteiger partial charge in [-0.1, -0.05) is 49.8 Å². The first-order valence-electron chi connectivity index (χ1n) is 11.5. The van der Waals surface area contributed by atoms with Crippen LogP contribution in [0, 0.1) is 5.92 Å². The van der Waals surface area contributed by atoms with Gasteiger partial charge in [-0.05, 0) is 61.6 Å². The summed E-state index contributed by atoms with van der Waals surface area (Å²) in [5.74, 6) is -6.07. The quantitative estimate of drug-likeness (QED) is 0.180. The zero-order valence-corrected chi connectivity index (χ0v) is 21.0. The maximum absolute atomic E-state index is 12.4. The molecule has 5 N–H and O–H groups in total. The summed E-state index contributed by atoms with van der Waals surface area (Å²) in [6.45, 7) is 3.99. The lowest BCUT2D eigenvalue weighted by molar-refractivity contribution is -0.134. The van der Waals surface area contributed by atoms with Crippen LogP contribution in [0.3, 0.4) is 0 Å². The number of carboxylic acids is 4. The van der Waals surface area contributed by atoms with Crippen LogP contribution < -0.4 is 0 Å². The Morgan fingerprint density at radius 2 is 1.41 bits per heavy atom. The van der Waals surface area contributed by atoms with Gasteiger partial charge in [0, 0.05) is 34.8 Å². The maximum Gasteiger partial charge on any atom is 0.332 e. The van der Waals surface area contributed by atoms with E-state index in [0.29, 0.717) is 12.0 Å². The van der Waals surface area contributed by atoms with Crippen LogP contribution in [0.25, 0.3) is 5.57 Å². The Bertz CT molecular complexity index is 1170. The van der Waals surface area contributed by atoms with Crippen molar-refractivity contribution in [2.24, 2.45) is 5.92 Å². The predicted octanol–water partition coefficient (Wildman–Crippen LogP) is 4.32. The van der Waals surface area contributed by atoms with Crippen LogP contribution in [0.1, 0.15) is 45.6 Å². The van der Waals surface area contributed by atoms with E-state index in [9.17, 15) is 44.7 Å². The highest BCUT2D eigenvalue weighted by molar-refractivity contribution is 5.96. The molecule has 1 aromatic rings. The summed E-state index contributed by atoms with van der Waals surface area (Å²) in [7, 11) is 0. The van der Waals surface area contributed by atoms with Crippen molar-refractivity contribution in [3.8, 4) is 0 Å². The molecule has 0 aliphatic carbocycles. The smallest absolute Gasteiger partial charge is 0.332 e. The van der Waals surface area contributed by atoms with Crippen molar-refractivity contribution < 1.29 is 44.7 Å². The summed E-state index contributed by atoms with van der Waals surface area (Å²) in [6.07, 6.45) is 5.68. The number of benzene rings is 1. The molecular weight excluding hydrogens is 480 g/mol. The molecule has 1 aromatic carbocycles. The fourth-order valence-corrected chi connectivity index (χ4v) is 3.46. The molecule has 1 atom stereocenters. The molecule has 1 rings (SSSR count). The summed E-state index contributed by atoms with van der Waals surface area (Å²) in [5.41, 5.74) is 0.362. The van der Waals surface area contributed by atoms with E-state index >= 15 is 0 Å². The predicted molar refractivity (Wildman–Crippen MR) is 138 cm³/mol. The third-order valence-electron chi connectivity index (χ3n) is 5.40. The van der Waals surface area contributed by atoms with Gasteiger partial charge < -0.3 is 25.5 Å². The van der Waals surface area contributed by atoms with Gasteiger partial charge in [-0.25, -0.2) is 19.2 Å². The van der Waals surface area contributed by atoms with Crippen molar-refractivity contribution in [1.29, 1.82) is 0 Å². The number of aliphatic hydroxyl groups excluding tert-OH is 1. The second-order valence-electron chi connectivity index (χ2n) is 8.27. The second kappa shape index (κ2) is 15.0.